The van der Waals surface area contributed by atoms with Crippen LogP contribution >= 0.6 is 11.3 Å². The summed E-state index contributed by atoms with van der Waals surface area (Å²) < 4.78 is 36.3. The van der Waals surface area contributed by atoms with E-state index in [1.165, 1.54) is 0 Å². The maximum Gasteiger partial charge on any atom is 0.435 e. The van der Waals surface area contributed by atoms with E-state index in [-0.39, 0.29) is 5.13 Å². The number of nitrogens with two attached hydrogens (primary N) is 2. The number of carbonyl (C=O) groups is 1. The van der Waals surface area contributed by atoms with E-state index in [1.54, 1.807) is 0 Å². The fourth-order valence-electron chi connectivity index (χ4n) is 0.696. The lowest BCUT2D eigenvalue weighted by Gasteiger charge is -2.02. The Morgan fingerprint density at radius 1 is 1.46 bits per heavy atom. The molecule has 1 amide bonds. The molecule has 0 saturated carbocycles. The lowest BCUT2D eigenvalue weighted by Crippen LogP contribution is -2.16. The number of nitrogen functional groups attached to an aromatic ring is 1. The number of carbonyl (C=O) groups excluding carboxylic acids is 1. The number of halogens is 3. The monoisotopic (exact) mass is 211 g/mol. The van der Waals surface area contributed by atoms with Gasteiger partial charge in [-0.1, -0.05) is 11.3 Å². The van der Waals surface area contributed by atoms with Gasteiger partial charge in [0.1, 0.15) is 4.88 Å². The highest BCUT2D eigenvalue weighted by Gasteiger charge is 2.38. The molecule has 1 rings (SSSR count). The van der Waals surface area contributed by atoms with Crippen molar-refractivity contribution < 1.29 is 18.0 Å². The molecule has 1 heterocycles. The summed E-state index contributed by atoms with van der Waals surface area (Å²) in [5, 5.41) is -0.332. The predicted molar refractivity (Wildman–Crippen MR) is 40.0 cm³/mol. The first-order chi connectivity index (χ1) is 5.82. The molecule has 0 fully saturated rings. The lowest BCUT2D eigenvalue weighted by molar-refractivity contribution is -0.140. The molecular weight excluding hydrogens is 207 g/mol. The Kier molecular flexibility index (Phi) is 2.16. The summed E-state index contributed by atoms with van der Waals surface area (Å²) in [6.45, 7) is 0. The summed E-state index contributed by atoms with van der Waals surface area (Å²) in [6.07, 6.45) is -4.70. The number of aromatic nitrogens is 1. The van der Waals surface area contributed by atoms with E-state index < -0.39 is 22.7 Å². The smallest absolute Gasteiger partial charge is 0.375 e. The number of rotatable bonds is 1. The molecule has 0 saturated heterocycles. The van der Waals surface area contributed by atoms with Crippen LogP contribution in [0.3, 0.4) is 0 Å². The molecule has 0 spiro atoms. The lowest BCUT2D eigenvalue weighted by atomic mass is 10.3. The molecule has 0 bridgehead atoms. The Morgan fingerprint density at radius 2 is 2.00 bits per heavy atom. The van der Waals surface area contributed by atoms with Crippen molar-refractivity contribution in [2.24, 2.45) is 5.73 Å². The number of thiazole rings is 1. The Labute approximate surface area is 74.4 Å². The van der Waals surface area contributed by atoms with Crippen molar-refractivity contribution in [2.45, 2.75) is 6.18 Å². The molecule has 0 atom stereocenters. The summed E-state index contributed by atoms with van der Waals surface area (Å²) in [5.74, 6) is -1.18. The van der Waals surface area contributed by atoms with E-state index in [0.717, 1.165) is 0 Å². The number of amides is 1. The molecule has 0 radical (unpaired) electrons. The second-order valence-corrected chi connectivity index (χ2v) is 3.12. The fourth-order valence-corrected chi connectivity index (χ4v) is 1.40. The van der Waals surface area contributed by atoms with Crippen LogP contribution in [0.15, 0.2) is 0 Å². The van der Waals surface area contributed by atoms with E-state index in [0.29, 0.717) is 11.3 Å². The average Bonchev–Trinajstić information content (AvgIpc) is 2.29. The molecule has 0 unspecified atom stereocenters. The Bertz CT molecular complexity index is 345. The van der Waals surface area contributed by atoms with Crippen molar-refractivity contribution in [3.63, 3.8) is 0 Å². The van der Waals surface area contributed by atoms with Crippen molar-refractivity contribution in [2.75, 3.05) is 5.73 Å². The number of alkyl halides is 3. The van der Waals surface area contributed by atoms with Gasteiger partial charge in [-0.25, -0.2) is 4.98 Å². The van der Waals surface area contributed by atoms with Crippen LogP contribution in [0.1, 0.15) is 15.4 Å². The molecule has 1 aromatic heterocycles. The van der Waals surface area contributed by atoms with Crippen LogP contribution in [0.5, 0.6) is 0 Å². The van der Waals surface area contributed by atoms with E-state index >= 15 is 0 Å². The van der Waals surface area contributed by atoms with Gasteiger partial charge in [0.25, 0.3) is 5.91 Å². The minimum atomic E-state index is -4.70. The number of anilines is 1. The molecule has 72 valence electrons. The van der Waals surface area contributed by atoms with Gasteiger partial charge in [0, 0.05) is 0 Å². The minimum absolute atomic E-state index is 0.332. The first-order valence-corrected chi connectivity index (χ1v) is 3.77. The molecule has 4 nitrogen and oxygen atoms in total. The molecule has 13 heavy (non-hydrogen) atoms. The zero-order valence-corrected chi connectivity index (χ0v) is 6.87. The van der Waals surface area contributed by atoms with Crippen LogP contribution in [0.4, 0.5) is 18.3 Å². The van der Waals surface area contributed by atoms with E-state index in [9.17, 15) is 18.0 Å². The Balaban J connectivity index is 3.28. The number of primary amides is 1. The van der Waals surface area contributed by atoms with E-state index in [4.69, 9.17) is 11.5 Å². The van der Waals surface area contributed by atoms with Gasteiger partial charge in [-0.2, -0.15) is 13.2 Å². The highest BCUT2D eigenvalue weighted by atomic mass is 32.1. The topological polar surface area (TPSA) is 82.0 Å². The highest BCUT2D eigenvalue weighted by Crippen LogP contribution is 2.34. The van der Waals surface area contributed by atoms with Gasteiger partial charge in [-0.3, -0.25) is 4.79 Å². The van der Waals surface area contributed by atoms with Gasteiger partial charge in [0.05, 0.1) is 0 Å². The third-order valence-electron chi connectivity index (χ3n) is 1.14. The predicted octanol–water partition coefficient (Wildman–Crippen LogP) is 0.843. The van der Waals surface area contributed by atoms with Crippen LogP contribution in [-0.2, 0) is 6.18 Å². The highest BCUT2D eigenvalue weighted by molar-refractivity contribution is 7.17. The third-order valence-corrected chi connectivity index (χ3v) is 2.04. The second-order valence-electron chi connectivity index (χ2n) is 2.09. The van der Waals surface area contributed by atoms with Crippen molar-refractivity contribution in [3.8, 4) is 0 Å². The maximum absolute atomic E-state index is 12.1. The summed E-state index contributed by atoms with van der Waals surface area (Å²) in [4.78, 5) is 12.8. The third kappa shape index (κ3) is 1.89. The van der Waals surface area contributed by atoms with Crippen molar-refractivity contribution in [1.82, 2.24) is 4.98 Å². The number of nitrogens with zero attached hydrogens (tertiary/aromatic N) is 1. The molecule has 0 aliphatic rings. The zero-order valence-electron chi connectivity index (χ0n) is 6.05. The summed E-state index contributed by atoms with van der Waals surface area (Å²) >= 11 is 0.421. The van der Waals surface area contributed by atoms with E-state index in [1.807, 2.05) is 0 Å². The molecule has 8 heteroatoms. The quantitative estimate of drug-likeness (QED) is 0.722. The average molecular weight is 211 g/mol. The van der Waals surface area contributed by atoms with Crippen LogP contribution in [0.2, 0.25) is 0 Å². The van der Waals surface area contributed by atoms with Crippen molar-refractivity contribution in [3.05, 3.63) is 10.6 Å². The van der Waals surface area contributed by atoms with Crippen LogP contribution < -0.4 is 11.5 Å². The van der Waals surface area contributed by atoms with Crippen LogP contribution in [0.25, 0.3) is 0 Å². The van der Waals surface area contributed by atoms with Gasteiger partial charge in [0.15, 0.2) is 10.8 Å². The Morgan fingerprint density at radius 3 is 2.31 bits per heavy atom. The van der Waals surface area contributed by atoms with Gasteiger partial charge >= 0.3 is 6.18 Å². The minimum Gasteiger partial charge on any atom is -0.375 e. The normalized spacial score (nSPS) is 11.6. The molecule has 0 aliphatic heterocycles. The van der Waals surface area contributed by atoms with Gasteiger partial charge < -0.3 is 11.5 Å². The fraction of sp³-hybridized carbons (Fsp3) is 0.200. The number of hydrogen-bond donors (Lipinski definition) is 2. The second kappa shape index (κ2) is 2.87. The van der Waals surface area contributed by atoms with E-state index in [2.05, 4.69) is 4.98 Å². The molecule has 0 aliphatic carbocycles. The SMILES string of the molecule is NC(=O)c1sc(N)nc1C(F)(F)F. The first kappa shape index (κ1) is 9.78. The van der Waals surface area contributed by atoms with Gasteiger partial charge in [-0.05, 0) is 0 Å². The van der Waals surface area contributed by atoms with Crippen molar-refractivity contribution >= 4 is 22.4 Å². The summed E-state index contributed by atoms with van der Waals surface area (Å²) in [7, 11) is 0. The van der Waals surface area contributed by atoms with Crippen molar-refractivity contribution in [1.29, 1.82) is 0 Å². The summed E-state index contributed by atoms with van der Waals surface area (Å²) in [5.41, 5.74) is 8.40. The zero-order chi connectivity index (χ0) is 10.2. The molecule has 4 N–H and O–H groups in total. The van der Waals surface area contributed by atoms with Crippen LogP contribution in [0, 0.1) is 0 Å². The molecular formula is C5H4F3N3OS. The largest absolute Gasteiger partial charge is 0.435 e. The van der Waals surface area contributed by atoms with Crippen LogP contribution in [-0.4, -0.2) is 10.9 Å². The number of hydrogen-bond acceptors (Lipinski definition) is 4. The molecule has 1 aromatic rings. The van der Waals surface area contributed by atoms with Gasteiger partial charge in [0.2, 0.25) is 0 Å². The maximum atomic E-state index is 12.1. The summed E-state index contributed by atoms with van der Waals surface area (Å²) in [6, 6.07) is 0. The standard InChI is InChI=1S/C5H4F3N3OS/c6-5(7,8)2-1(3(9)12)13-4(10)11-2/h(H2,9,12)(H2,10,11). The molecule has 0 aromatic carbocycles. The Hall–Kier alpha value is -1.31. The van der Waals surface area contributed by atoms with Gasteiger partial charge in [-0.15, -0.1) is 0 Å². The first-order valence-electron chi connectivity index (χ1n) is 2.95.